The summed E-state index contributed by atoms with van der Waals surface area (Å²) in [5.41, 5.74) is 7.33. The Hall–Kier alpha value is -2.14. The first-order chi connectivity index (χ1) is 9.61. The summed E-state index contributed by atoms with van der Waals surface area (Å²) in [4.78, 5) is 4.47. The molecule has 1 aromatic heterocycles. The van der Waals surface area contributed by atoms with Crippen LogP contribution in [0.4, 0.5) is 0 Å². The minimum Gasteiger partial charge on any atom is -0.494 e. The fraction of sp³-hybridized carbons (Fsp3) is 0.200. The predicted molar refractivity (Wildman–Crippen MR) is 82.5 cm³/mol. The van der Waals surface area contributed by atoms with Crippen molar-refractivity contribution in [2.45, 2.75) is 13.8 Å². The monoisotopic (exact) mass is 288 g/mol. The van der Waals surface area contributed by atoms with Crippen LogP contribution in [0.15, 0.2) is 36.5 Å². The van der Waals surface area contributed by atoms with Crippen LogP contribution >= 0.6 is 12.2 Å². The van der Waals surface area contributed by atoms with Gasteiger partial charge in [-0.25, -0.2) is 4.98 Å². The Morgan fingerprint density at radius 3 is 2.45 bits per heavy atom. The number of ether oxygens (including phenoxy) is 2. The number of thiocarbonyl (C=S) groups is 1. The molecule has 0 radical (unpaired) electrons. The highest BCUT2D eigenvalue weighted by Gasteiger charge is 2.12. The molecule has 0 unspecified atom stereocenters. The van der Waals surface area contributed by atoms with E-state index in [2.05, 4.69) is 4.98 Å². The van der Waals surface area contributed by atoms with Crippen molar-refractivity contribution in [3.8, 4) is 17.4 Å². The van der Waals surface area contributed by atoms with E-state index in [1.165, 1.54) is 0 Å². The molecule has 0 saturated carbocycles. The highest BCUT2D eigenvalue weighted by Crippen LogP contribution is 2.26. The van der Waals surface area contributed by atoms with Crippen LogP contribution in [-0.4, -0.2) is 16.6 Å². The Balaban J connectivity index is 2.26. The van der Waals surface area contributed by atoms with Crippen molar-refractivity contribution in [3.05, 3.63) is 47.7 Å². The highest BCUT2D eigenvalue weighted by molar-refractivity contribution is 7.80. The molecule has 4 nitrogen and oxygen atoms in total. The van der Waals surface area contributed by atoms with E-state index in [0.717, 1.165) is 11.3 Å². The average molecular weight is 288 g/mol. The van der Waals surface area contributed by atoms with Crippen molar-refractivity contribution in [1.29, 1.82) is 0 Å². The number of aromatic nitrogens is 1. The molecule has 0 atom stereocenters. The fourth-order valence-electron chi connectivity index (χ4n) is 1.79. The third-order valence-corrected chi connectivity index (χ3v) is 2.92. The van der Waals surface area contributed by atoms with E-state index in [1.807, 2.05) is 44.2 Å². The minimum atomic E-state index is 0.275. The third kappa shape index (κ3) is 3.24. The number of aryl methyl sites for hydroxylation is 1. The summed E-state index contributed by atoms with van der Waals surface area (Å²) < 4.78 is 11.1. The predicted octanol–water partition coefficient (Wildman–Crippen LogP) is 3.22. The number of benzene rings is 1. The smallest absolute Gasteiger partial charge is 0.229 e. The van der Waals surface area contributed by atoms with Gasteiger partial charge in [-0.3, -0.25) is 0 Å². The Kier molecular flexibility index (Phi) is 4.53. The second kappa shape index (κ2) is 6.34. The standard InChI is InChI=1S/C15H16N2O2S/c1-3-18-11-4-6-12(7-5-11)19-15-13(14(16)20)10(2)8-9-17-15/h4-9H,3H2,1-2H3,(H2,16,20). The minimum absolute atomic E-state index is 0.275. The molecule has 1 heterocycles. The summed E-state index contributed by atoms with van der Waals surface area (Å²) in [6.45, 7) is 4.49. The zero-order valence-corrected chi connectivity index (χ0v) is 12.2. The SMILES string of the molecule is CCOc1ccc(Oc2nccc(C)c2C(N)=S)cc1. The number of nitrogens with two attached hydrogens (primary N) is 1. The second-order valence-corrected chi connectivity index (χ2v) is 4.62. The first-order valence-corrected chi connectivity index (χ1v) is 6.68. The molecule has 0 saturated heterocycles. The molecule has 5 heteroatoms. The quantitative estimate of drug-likeness (QED) is 0.856. The van der Waals surface area contributed by atoms with Crippen molar-refractivity contribution in [2.75, 3.05) is 6.61 Å². The average Bonchev–Trinajstić information content (AvgIpc) is 2.41. The van der Waals surface area contributed by atoms with Gasteiger partial charge in [-0.05, 0) is 49.7 Å². The van der Waals surface area contributed by atoms with Crippen LogP contribution in [0.5, 0.6) is 17.4 Å². The Labute approximate surface area is 123 Å². The summed E-state index contributed by atoms with van der Waals surface area (Å²) in [6.07, 6.45) is 1.67. The summed E-state index contributed by atoms with van der Waals surface area (Å²) in [6, 6.07) is 9.17. The summed E-state index contributed by atoms with van der Waals surface area (Å²) >= 11 is 5.05. The lowest BCUT2D eigenvalue weighted by molar-refractivity contribution is 0.339. The molecule has 0 fully saturated rings. The first-order valence-electron chi connectivity index (χ1n) is 6.28. The van der Waals surface area contributed by atoms with E-state index < -0.39 is 0 Å². The van der Waals surface area contributed by atoms with Crippen LogP contribution in [0, 0.1) is 6.92 Å². The maximum Gasteiger partial charge on any atom is 0.229 e. The van der Waals surface area contributed by atoms with E-state index in [0.29, 0.717) is 23.8 Å². The van der Waals surface area contributed by atoms with Gasteiger partial charge >= 0.3 is 0 Å². The number of hydrogen-bond acceptors (Lipinski definition) is 4. The molecular weight excluding hydrogens is 272 g/mol. The molecule has 0 aliphatic carbocycles. The van der Waals surface area contributed by atoms with Gasteiger partial charge in [-0.15, -0.1) is 0 Å². The van der Waals surface area contributed by atoms with Gasteiger partial charge in [0.25, 0.3) is 0 Å². The maximum absolute atomic E-state index is 5.75. The van der Waals surface area contributed by atoms with Crippen LogP contribution < -0.4 is 15.2 Å². The Morgan fingerprint density at radius 2 is 1.85 bits per heavy atom. The summed E-state index contributed by atoms with van der Waals surface area (Å²) in [7, 11) is 0. The molecule has 2 rings (SSSR count). The van der Waals surface area contributed by atoms with Gasteiger partial charge in [0.05, 0.1) is 12.2 Å². The maximum atomic E-state index is 5.75. The topological polar surface area (TPSA) is 57.4 Å². The van der Waals surface area contributed by atoms with Gasteiger partial charge in [0, 0.05) is 6.20 Å². The lowest BCUT2D eigenvalue weighted by Gasteiger charge is -2.11. The van der Waals surface area contributed by atoms with Gasteiger partial charge in [0.1, 0.15) is 16.5 Å². The molecule has 0 aliphatic rings. The zero-order chi connectivity index (χ0) is 14.5. The molecule has 0 aliphatic heterocycles. The molecular formula is C15H16N2O2S. The Bertz CT molecular complexity index is 612. The zero-order valence-electron chi connectivity index (χ0n) is 11.4. The third-order valence-electron chi connectivity index (χ3n) is 2.72. The van der Waals surface area contributed by atoms with Gasteiger partial charge < -0.3 is 15.2 Å². The largest absolute Gasteiger partial charge is 0.494 e. The molecule has 0 spiro atoms. The molecule has 0 amide bonds. The van der Waals surface area contributed by atoms with E-state index in [4.69, 9.17) is 27.4 Å². The highest BCUT2D eigenvalue weighted by atomic mass is 32.1. The van der Waals surface area contributed by atoms with Gasteiger partial charge in [0.15, 0.2) is 0 Å². The first kappa shape index (κ1) is 14.3. The number of hydrogen-bond donors (Lipinski definition) is 1. The molecule has 2 N–H and O–H groups in total. The lowest BCUT2D eigenvalue weighted by atomic mass is 10.1. The van der Waals surface area contributed by atoms with Crippen LogP contribution in [0.1, 0.15) is 18.1 Å². The van der Waals surface area contributed by atoms with Crippen molar-refractivity contribution in [1.82, 2.24) is 4.98 Å². The van der Waals surface area contributed by atoms with Gasteiger partial charge in [0.2, 0.25) is 5.88 Å². The number of rotatable bonds is 5. The van der Waals surface area contributed by atoms with E-state index in [-0.39, 0.29) is 4.99 Å². The Morgan fingerprint density at radius 1 is 1.20 bits per heavy atom. The van der Waals surface area contributed by atoms with Crippen molar-refractivity contribution >= 4 is 17.2 Å². The van der Waals surface area contributed by atoms with Gasteiger partial charge in [-0.1, -0.05) is 12.2 Å². The van der Waals surface area contributed by atoms with E-state index >= 15 is 0 Å². The van der Waals surface area contributed by atoms with Gasteiger partial charge in [-0.2, -0.15) is 0 Å². The summed E-state index contributed by atoms with van der Waals surface area (Å²) in [5.74, 6) is 1.87. The molecule has 104 valence electrons. The van der Waals surface area contributed by atoms with Crippen LogP contribution in [0.2, 0.25) is 0 Å². The van der Waals surface area contributed by atoms with Crippen molar-refractivity contribution in [3.63, 3.8) is 0 Å². The number of nitrogens with zero attached hydrogens (tertiary/aromatic N) is 1. The van der Waals surface area contributed by atoms with E-state index in [1.54, 1.807) is 6.20 Å². The summed E-state index contributed by atoms with van der Waals surface area (Å²) in [5, 5.41) is 0. The van der Waals surface area contributed by atoms with Crippen LogP contribution in [-0.2, 0) is 0 Å². The van der Waals surface area contributed by atoms with Crippen LogP contribution in [0.3, 0.4) is 0 Å². The van der Waals surface area contributed by atoms with E-state index in [9.17, 15) is 0 Å². The molecule has 0 bridgehead atoms. The second-order valence-electron chi connectivity index (χ2n) is 4.18. The normalized spacial score (nSPS) is 10.1. The van der Waals surface area contributed by atoms with Crippen molar-refractivity contribution < 1.29 is 9.47 Å². The van der Waals surface area contributed by atoms with Crippen LogP contribution in [0.25, 0.3) is 0 Å². The molecule has 1 aromatic carbocycles. The molecule has 2 aromatic rings. The molecule has 20 heavy (non-hydrogen) atoms. The lowest BCUT2D eigenvalue weighted by Crippen LogP contribution is -2.13. The fourth-order valence-corrected chi connectivity index (χ4v) is 2.04. The van der Waals surface area contributed by atoms with Crippen molar-refractivity contribution in [2.24, 2.45) is 5.73 Å². The number of pyridine rings is 1.